The summed E-state index contributed by atoms with van der Waals surface area (Å²) in [5, 5.41) is 0. The number of methoxy groups -OCH3 is 1. The van der Waals surface area contributed by atoms with Gasteiger partial charge in [-0.3, -0.25) is 0 Å². The quantitative estimate of drug-likeness (QED) is 0.561. The van der Waals surface area contributed by atoms with Crippen molar-refractivity contribution < 1.29 is 33.3 Å². The summed E-state index contributed by atoms with van der Waals surface area (Å²) in [5.41, 5.74) is -0.0373. The van der Waals surface area contributed by atoms with Crippen molar-refractivity contribution in [2.45, 2.75) is 20.8 Å². The molecule has 0 aliphatic carbocycles. The van der Waals surface area contributed by atoms with Crippen molar-refractivity contribution in [3.63, 3.8) is 0 Å². The van der Waals surface area contributed by atoms with Crippen molar-refractivity contribution >= 4 is 17.9 Å². The van der Waals surface area contributed by atoms with Gasteiger partial charge in [-0.05, 0) is 32.9 Å². The van der Waals surface area contributed by atoms with E-state index in [9.17, 15) is 14.4 Å². The van der Waals surface area contributed by atoms with Gasteiger partial charge in [0, 0.05) is 0 Å². The van der Waals surface area contributed by atoms with Gasteiger partial charge in [-0.1, -0.05) is 0 Å². The lowest BCUT2D eigenvalue weighted by molar-refractivity contribution is 0.0517. The summed E-state index contributed by atoms with van der Waals surface area (Å²) in [7, 11) is 1.31. The van der Waals surface area contributed by atoms with Crippen LogP contribution in [0.1, 0.15) is 51.8 Å². The summed E-state index contributed by atoms with van der Waals surface area (Å²) < 4.78 is 19.9. The zero-order valence-electron chi connectivity index (χ0n) is 13.6. The molecule has 23 heavy (non-hydrogen) atoms. The molecule has 0 atom stereocenters. The topological polar surface area (TPSA) is 88.1 Å². The minimum Gasteiger partial charge on any atom is -0.495 e. The molecule has 7 nitrogen and oxygen atoms in total. The molecule has 0 saturated heterocycles. The molecule has 0 N–H and O–H groups in total. The Kier molecular flexibility index (Phi) is 7.05. The van der Waals surface area contributed by atoms with Gasteiger partial charge >= 0.3 is 17.9 Å². The first-order valence-electron chi connectivity index (χ1n) is 7.23. The van der Waals surface area contributed by atoms with Crippen molar-refractivity contribution in [3.8, 4) is 5.75 Å². The SMILES string of the molecule is CCOC(=O)c1cc(C(=O)OCC)c(OC)c(C(=O)OCC)c1. The van der Waals surface area contributed by atoms with Gasteiger partial charge in [0.15, 0.2) is 0 Å². The molecular weight excluding hydrogens is 304 g/mol. The summed E-state index contributed by atoms with van der Waals surface area (Å²) in [5.74, 6) is -2.08. The molecule has 0 aromatic heterocycles. The first-order chi connectivity index (χ1) is 11.0. The summed E-state index contributed by atoms with van der Waals surface area (Å²) >= 11 is 0. The Hall–Kier alpha value is -2.57. The van der Waals surface area contributed by atoms with E-state index in [1.54, 1.807) is 20.8 Å². The molecule has 0 saturated carbocycles. The number of carbonyl (C=O) groups is 3. The Morgan fingerprint density at radius 3 is 1.52 bits per heavy atom. The standard InChI is InChI=1S/C16H20O7/c1-5-21-14(17)10-8-11(15(18)22-6-2)13(20-4)12(9-10)16(19)23-7-3/h8-9H,5-7H2,1-4H3. The molecule has 0 bridgehead atoms. The van der Waals surface area contributed by atoms with E-state index in [2.05, 4.69) is 0 Å². The fourth-order valence-electron chi connectivity index (χ4n) is 1.90. The number of esters is 3. The maximum Gasteiger partial charge on any atom is 0.341 e. The van der Waals surface area contributed by atoms with Crippen molar-refractivity contribution in [3.05, 3.63) is 28.8 Å². The monoisotopic (exact) mass is 324 g/mol. The molecule has 0 aliphatic rings. The fraction of sp³-hybridized carbons (Fsp3) is 0.438. The third-order valence-electron chi connectivity index (χ3n) is 2.79. The highest BCUT2D eigenvalue weighted by Gasteiger charge is 2.25. The number of ether oxygens (including phenoxy) is 4. The Bertz CT molecular complexity index is 553. The largest absolute Gasteiger partial charge is 0.495 e. The summed E-state index contributed by atoms with van der Waals surface area (Å²) in [6.07, 6.45) is 0. The van der Waals surface area contributed by atoms with Crippen LogP contribution in [-0.4, -0.2) is 44.8 Å². The molecule has 1 aromatic carbocycles. The lowest BCUT2D eigenvalue weighted by Crippen LogP contribution is -2.15. The molecule has 0 amide bonds. The summed E-state index contributed by atoms with van der Waals surface area (Å²) in [6, 6.07) is 2.55. The van der Waals surface area contributed by atoms with Crippen LogP contribution in [0.25, 0.3) is 0 Å². The second kappa shape index (κ2) is 8.77. The summed E-state index contributed by atoms with van der Waals surface area (Å²) in [6.45, 7) is 5.38. The first-order valence-corrected chi connectivity index (χ1v) is 7.23. The molecule has 0 radical (unpaired) electrons. The van der Waals surface area contributed by atoms with E-state index >= 15 is 0 Å². The van der Waals surface area contributed by atoms with E-state index in [0.29, 0.717) is 0 Å². The van der Waals surface area contributed by atoms with Gasteiger partial charge in [-0.2, -0.15) is 0 Å². The number of carbonyl (C=O) groups excluding carboxylic acids is 3. The van der Waals surface area contributed by atoms with E-state index < -0.39 is 17.9 Å². The molecule has 1 rings (SSSR count). The van der Waals surface area contributed by atoms with E-state index in [1.807, 2.05) is 0 Å². The van der Waals surface area contributed by atoms with Crippen LogP contribution in [0.2, 0.25) is 0 Å². The smallest absolute Gasteiger partial charge is 0.341 e. The molecular formula is C16H20O7. The van der Waals surface area contributed by atoms with Gasteiger partial charge in [0.1, 0.15) is 16.9 Å². The van der Waals surface area contributed by atoms with Crippen LogP contribution in [0.15, 0.2) is 12.1 Å². The summed E-state index contributed by atoms with van der Waals surface area (Å²) in [4.78, 5) is 36.1. The Labute approximate surface area is 134 Å². The van der Waals surface area contributed by atoms with E-state index in [4.69, 9.17) is 18.9 Å². The van der Waals surface area contributed by atoms with Crippen LogP contribution < -0.4 is 4.74 Å². The van der Waals surface area contributed by atoms with Crippen molar-refractivity contribution in [2.75, 3.05) is 26.9 Å². The van der Waals surface area contributed by atoms with Crippen molar-refractivity contribution in [2.24, 2.45) is 0 Å². The highest BCUT2D eigenvalue weighted by atomic mass is 16.5. The molecule has 1 aromatic rings. The van der Waals surface area contributed by atoms with Gasteiger partial charge in [0.2, 0.25) is 0 Å². The molecule has 0 unspecified atom stereocenters. The van der Waals surface area contributed by atoms with Crippen LogP contribution in [0.4, 0.5) is 0 Å². The zero-order chi connectivity index (χ0) is 17.4. The van der Waals surface area contributed by atoms with Crippen LogP contribution >= 0.6 is 0 Å². The lowest BCUT2D eigenvalue weighted by atomic mass is 10.0. The number of benzene rings is 1. The molecule has 0 aliphatic heterocycles. The second-order valence-corrected chi connectivity index (χ2v) is 4.27. The number of hydrogen-bond acceptors (Lipinski definition) is 7. The Morgan fingerprint density at radius 2 is 1.17 bits per heavy atom. The molecule has 126 valence electrons. The van der Waals surface area contributed by atoms with Crippen molar-refractivity contribution in [1.29, 1.82) is 0 Å². The van der Waals surface area contributed by atoms with Crippen LogP contribution in [0.3, 0.4) is 0 Å². The van der Waals surface area contributed by atoms with E-state index in [-0.39, 0.29) is 42.3 Å². The normalized spacial score (nSPS) is 9.91. The number of rotatable bonds is 7. The minimum absolute atomic E-state index is 0.00468. The average molecular weight is 324 g/mol. The second-order valence-electron chi connectivity index (χ2n) is 4.27. The van der Waals surface area contributed by atoms with E-state index in [1.165, 1.54) is 19.2 Å². The van der Waals surface area contributed by atoms with Gasteiger partial charge in [-0.15, -0.1) is 0 Å². The minimum atomic E-state index is -0.707. The van der Waals surface area contributed by atoms with Gasteiger partial charge in [0.25, 0.3) is 0 Å². The van der Waals surface area contributed by atoms with Crippen LogP contribution in [0.5, 0.6) is 5.75 Å². The molecule has 0 heterocycles. The number of hydrogen-bond donors (Lipinski definition) is 0. The highest BCUT2D eigenvalue weighted by Crippen LogP contribution is 2.28. The van der Waals surface area contributed by atoms with Gasteiger partial charge < -0.3 is 18.9 Å². The maximum atomic E-state index is 12.1. The van der Waals surface area contributed by atoms with Gasteiger partial charge in [0.05, 0.1) is 32.5 Å². The van der Waals surface area contributed by atoms with Gasteiger partial charge in [-0.25, -0.2) is 14.4 Å². The zero-order valence-corrected chi connectivity index (χ0v) is 13.6. The van der Waals surface area contributed by atoms with Crippen LogP contribution in [0, 0.1) is 0 Å². The fourth-order valence-corrected chi connectivity index (χ4v) is 1.90. The average Bonchev–Trinajstić information content (AvgIpc) is 2.54. The van der Waals surface area contributed by atoms with Crippen LogP contribution in [-0.2, 0) is 14.2 Å². The highest BCUT2D eigenvalue weighted by molar-refractivity contribution is 6.04. The maximum absolute atomic E-state index is 12.1. The Balaban J connectivity index is 3.49. The van der Waals surface area contributed by atoms with E-state index in [0.717, 1.165) is 0 Å². The lowest BCUT2D eigenvalue weighted by Gasteiger charge is -2.14. The molecule has 0 fully saturated rings. The Morgan fingerprint density at radius 1 is 0.783 bits per heavy atom. The first kappa shape index (κ1) is 18.5. The predicted octanol–water partition coefficient (Wildman–Crippen LogP) is 2.23. The molecule has 7 heteroatoms. The third kappa shape index (κ3) is 4.45. The third-order valence-corrected chi connectivity index (χ3v) is 2.79. The predicted molar refractivity (Wildman–Crippen MR) is 80.9 cm³/mol. The van der Waals surface area contributed by atoms with Crippen molar-refractivity contribution in [1.82, 2.24) is 0 Å². The molecule has 0 spiro atoms.